The average molecular weight is 432 g/mol. The van der Waals surface area contributed by atoms with Gasteiger partial charge in [-0.15, -0.1) is 0 Å². The summed E-state index contributed by atoms with van der Waals surface area (Å²) in [7, 11) is -1.38. The predicted octanol–water partition coefficient (Wildman–Crippen LogP) is -0.986. The molecule has 11 heteroatoms. The van der Waals surface area contributed by atoms with Gasteiger partial charge in [0, 0.05) is 32.1 Å². The van der Waals surface area contributed by atoms with Gasteiger partial charge in [0.1, 0.15) is 5.75 Å². The summed E-state index contributed by atoms with van der Waals surface area (Å²) in [6, 6.07) is 4.80. The lowest BCUT2D eigenvalue weighted by Crippen LogP contribution is -2.56. The number of rotatable bonds is 9. The summed E-state index contributed by atoms with van der Waals surface area (Å²) in [4.78, 5) is 37.7. The highest BCUT2D eigenvalue weighted by Crippen LogP contribution is 2.30. The molecule has 31 heavy (non-hydrogen) atoms. The summed E-state index contributed by atoms with van der Waals surface area (Å²) in [6.45, 7) is 4.97. The summed E-state index contributed by atoms with van der Waals surface area (Å²) >= 11 is 0. The Kier molecular flexibility index (Phi) is 7.88. The van der Waals surface area contributed by atoms with E-state index in [1.165, 1.54) is 11.0 Å². The molecular weight excluding hydrogens is 403 g/mol. The van der Waals surface area contributed by atoms with E-state index in [1.54, 1.807) is 12.1 Å². The number of carbonyl (C=O) groups excluding carboxylic acids is 2. The highest BCUT2D eigenvalue weighted by Gasteiger charge is 2.38. The van der Waals surface area contributed by atoms with Crippen LogP contribution in [0.4, 0.5) is 0 Å². The van der Waals surface area contributed by atoms with Gasteiger partial charge in [0.05, 0.1) is 18.0 Å². The standard InChI is InChI=1S/C20H29BN4O6/c1-2-22-7-8-23-14-6-9-25(18(27)11-14)12-17(26)24-16-10-13-4-3-5-15(20(28)29)19(13)31-21(16)30/h3-5,14,16,22-23,30H,2,6-12H2,1H3,(H,24,26)(H,28,29)/t14?,16-/m0/s1. The second kappa shape index (κ2) is 10.6. The molecule has 0 radical (unpaired) electrons. The van der Waals surface area contributed by atoms with Crippen molar-refractivity contribution in [2.24, 2.45) is 0 Å². The van der Waals surface area contributed by atoms with Crippen LogP contribution in [0.5, 0.6) is 5.75 Å². The lowest BCUT2D eigenvalue weighted by Gasteiger charge is -2.33. The molecule has 0 spiro atoms. The zero-order valence-corrected chi connectivity index (χ0v) is 17.6. The van der Waals surface area contributed by atoms with Crippen molar-refractivity contribution in [1.29, 1.82) is 0 Å². The Labute approximate surface area is 181 Å². The lowest BCUT2D eigenvalue weighted by atomic mass is 9.72. The van der Waals surface area contributed by atoms with E-state index in [1.807, 2.05) is 6.92 Å². The molecule has 2 heterocycles. The number of benzene rings is 1. The maximum absolute atomic E-state index is 12.5. The Balaban J connectivity index is 1.49. The molecule has 10 nitrogen and oxygen atoms in total. The quantitative estimate of drug-likeness (QED) is 0.248. The van der Waals surface area contributed by atoms with Crippen LogP contribution in [0.1, 0.15) is 35.7 Å². The van der Waals surface area contributed by atoms with Crippen LogP contribution in [0.3, 0.4) is 0 Å². The fourth-order valence-electron chi connectivity index (χ4n) is 3.90. The van der Waals surface area contributed by atoms with Crippen molar-refractivity contribution in [1.82, 2.24) is 20.9 Å². The van der Waals surface area contributed by atoms with Gasteiger partial charge in [-0.3, -0.25) is 9.59 Å². The summed E-state index contributed by atoms with van der Waals surface area (Å²) in [5.74, 6) is -2.24. The molecule has 168 valence electrons. The van der Waals surface area contributed by atoms with Gasteiger partial charge in [0.2, 0.25) is 11.8 Å². The van der Waals surface area contributed by atoms with E-state index in [0.717, 1.165) is 26.1 Å². The Hall–Kier alpha value is -2.63. The van der Waals surface area contributed by atoms with E-state index in [4.69, 9.17) is 4.65 Å². The number of fused-ring (bicyclic) bond motifs is 1. The van der Waals surface area contributed by atoms with Crippen LogP contribution >= 0.6 is 0 Å². The average Bonchev–Trinajstić information content (AvgIpc) is 2.73. The summed E-state index contributed by atoms with van der Waals surface area (Å²) in [5.41, 5.74) is 0.560. The number of para-hydroxylation sites is 1. The molecule has 0 aliphatic carbocycles. The first-order chi connectivity index (χ1) is 14.9. The lowest BCUT2D eigenvalue weighted by molar-refractivity contribution is -0.138. The minimum atomic E-state index is -1.38. The fraction of sp³-hybridized carbons (Fsp3) is 0.550. The molecule has 0 saturated carbocycles. The zero-order valence-electron chi connectivity index (χ0n) is 17.6. The van der Waals surface area contributed by atoms with Gasteiger partial charge >= 0.3 is 13.1 Å². The summed E-state index contributed by atoms with van der Waals surface area (Å²) in [6.07, 6.45) is 1.35. The molecule has 1 aromatic carbocycles. The third kappa shape index (κ3) is 5.96. The molecule has 0 bridgehead atoms. The van der Waals surface area contributed by atoms with Crippen LogP contribution in [0.25, 0.3) is 0 Å². The van der Waals surface area contributed by atoms with Gasteiger partial charge in [0.15, 0.2) is 0 Å². The number of hydrogen-bond acceptors (Lipinski definition) is 7. The largest absolute Gasteiger partial charge is 0.547 e. The minimum absolute atomic E-state index is 0.0334. The number of likely N-dealkylation sites (N-methyl/N-ethyl adjacent to an activating group) is 1. The maximum Gasteiger partial charge on any atom is 0.547 e. The van der Waals surface area contributed by atoms with Crippen LogP contribution in [0.15, 0.2) is 18.2 Å². The molecule has 1 fully saturated rings. The summed E-state index contributed by atoms with van der Waals surface area (Å²) < 4.78 is 5.38. The number of amides is 2. The molecule has 0 aromatic heterocycles. The van der Waals surface area contributed by atoms with Gasteiger partial charge in [-0.25, -0.2) is 4.79 Å². The molecule has 2 aliphatic heterocycles. The van der Waals surface area contributed by atoms with E-state index in [-0.39, 0.29) is 36.2 Å². The molecule has 2 atom stereocenters. The molecule has 5 N–H and O–H groups in total. The number of piperidine rings is 1. The van der Waals surface area contributed by atoms with E-state index in [0.29, 0.717) is 18.5 Å². The van der Waals surface area contributed by atoms with Crippen molar-refractivity contribution >= 4 is 24.9 Å². The van der Waals surface area contributed by atoms with Crippen LogP contribution < -0.4 is 20.6 Å². The Morgan fingerprint density at radius 2 is 2.10 bits per heavy atom. The fourth-order valence-corrected chi connectivity index (χ4v) is 3.90. The second-order valence-corrected chi connectivity index (χ2v) is 7.80. The van der Waals surface area contributed by atoms with Gasteiger partial charge in [-0.2, -0.15) is 0 Å². The number of carboxylic acid groups (broad SMARTS) is 1. The number of carboxylic acids is 1. The van der Waals surface area contributed by atoms with Crippen molar-refractivity contribution < 1.29 is 29.2 Å². The Morgan fingerprint density at radius 1 is 1.29 bits per heavy atom. The van der Waals surface area contributed by atoms with Crippen molar-refractivity contribution in [2.75, 3.05) is 32.7 Å². The van der Waals surface area contributed by atoms with Gasteiger partial charge in [-0.05, 0) is 31.0 Å². The SMILES string of the molecule is CCNCCNC1CCN(CC(=O)N[C@H]2Cc3cccc(C(=O)O)c3OB2O)C(=O)C1. The zero-order chi connectivity index (χ0) is 22.4. The van der Waals surface area contributed by atoms with E-state index in [9.17, 15) is 24.5 Å². The van der Waals surface area contributed by atoms with Gasteiger partial charge in [0.25, 0.3) is 0 Å². The Bertz CT molecular complexity index is 823. The monoisotopic (exact) mass is 432 g/mol. The van der Waals surface area contributed by atoms with Crippen molar-refractivity contribution in [3.8, 4) is 5.75 Å². The molecular formula is C20H29BN4O6. The molecule has 2 amide bonds. The van der Waals surface area contributed by atoms with Gasteiger partial charge < -0.3 is 35.6 Å². The molecule has 3 rings (SSSR count). The number of carbonyl (C=O) groups is 3. The second-order valence-electron chi connectivity index (χ2n) is 7.80. The molecule has 1 aromatic rings. The molecule has 2 aliphatic rings. The van der Waals surface area contributed by atoms with Crippen LogP contribution in [0, 0.1) is 0 Å². The number of nitrogens with zero attached hydrogens (tertiary/aromatic N) is 1. The Morgan fingerprint density at radius 3 is 2.81 bits per heavy atom. The van der Waals surface area contributed by atoms with Crippen LogP contribution in [-0.4, -0.2) is 84.6 Å². The third-order valence-corrected chi connectivity index (χ3v) is 5.54. The van der Waals surface area contributed by atoms with E-state index in [2.05, 4.69) is 16.0 Å². The third-order valence-electron chi connectivity index (χ3n) is 5.54. The number of nitrogens with one attached hydrogen (secondary N) is 3. The topological polar surface area (TPSA) is 140 Å². The molecule has 1 unspecified atom stereocenters. The molecule has 1 saturated heterocycles. The van der Waals surface area contributed by atoms with Crippen molar-refractivity contribution in [3.05, 3.63) is 29.3 Å². The first-order valence-electron chi connectivity index (χ1n) is 10.6. The smallest absolute Gasteiger partial charge is 0.534 e. The van der Waals surface area contributed by atoms with Gasteiger partial charge in [-0.1, -0.05) is 19.1 Å². The number of aromatic carboxylic acids is 1. The van der Waals surface area contributed by atoms with Crippen molar-refractivity contribution in [3.63, 3.8) is 0 Å². The van der Waals surface area contributed by atoms with Crippen LogP contribution in [0.2, 0.25) is 0 Å². The number of likely N-dealkylation sites (tertiary alicyclic amines) is 1. The van der Waals surface area contributed by atoms with E-state index < -0.39 is 24.9 Å². The first-order valence-corrected chi connectivity index (χ1v) is 10.6. The minimum Gasteiger partial charge on any atom is -0.534 e. The van der Waals surface area contributed by atoms with E-state index >= 15 is 0 Å². The van der Waals surface area contributed by atoms with Crippen LogP contribution in [-0.2, 0) is 16.0 Å². The highest BCUT2D eigenvalue weighted by atomic mass is 16.5. The maximum atomic E-state index is 12.5. The van der Waals surface area contributed by atoms with Crippen molar-refractivity contribution in [2.45, 2.75) is 38.2 Å². The predicted molar refractivity (Wildman–Crippen MR) is 114 cm³/mol. The highest BCUT2D eigenvalue weighted by molar-refractivity contribution is 6.47. The normalized spacial score (nSPS) is 20.8. The first kappa shape index (κ1) is 23.0. The summed E-state index contributed by atoms with van der Waals surface area (Å²) in [5, 5.41) is 28.8. The number of hydrogen-bond donors (Lipinski definition) is 5.